The van der Waals surface area contributed by atoms with Crippen LogP contribution in [0.5, 0.6) is 0 Å². The van der Waals surface area contributed by atoms with Gasteiger partial charge in [0.25, 0.3) is 0 Å². The van der Waals surface area contributed by atoms with E-state index < -0.39 is 12.7 Å². The van der Waals surface area contributed by atoms with Crippen molar-refractivity contribution in [3.63, 3.8) is 0 Å². The van der Waals surface area contributed by atoms with Crippen LogP contribution in [0.3, 0.4) is 0 Å². The van der Waals surface area contributed by atoms with Gasteiger partial charge in [-0.15, -0.1) is 0 Å². The summed E-state index contributed by atoms with van der Waals surface area (Å²) < 4.78 is 41.4. The maximum atomic E-state index is 12.2. The van der Waals surface area contributed by atoms with Gasteiger partial charge in [-0.05, 0) is 0 Å². The molecule has 0 radical (unpaired) electrons. The topological polar surface area (TPSA) is 64.3 Å². The Morgan fingerprint density at radius 3 is 2.59 bits per heavy atom. The van der Waals surface area contributed by atoms with Gasteiger partial charge in [0, 0.05) is 20.2 Å². The minimum atomic E-state index is -4.30. The minimum Gasteiger partial charge on any atom is -0.384 e. The van der Waals surface area contributed by atoms with E-state index in [1.165, 1.54) is 20.2 Å². The fraction of sp³-hybridized carbons (Fsp3) is 0.556. The number of methoxy groups -OCH3 is 1. The van der Waals surface area contributed by atoms with Crippen molar-refractivity contribution in [1.29, 1.82) is 0 Å². The molecule has 2 N–H and O–H groups in total. The van der Waals surface area contributed by atoms with Crippen LogP contribution in [0.2, 0.25) is 0 Å². The van der Waals surface area contributed by atoms with Gasteiger partial charge in [0.1, 0.15) is 24.8 Å². The van der Waals surface area contributed by atoms with E-state index in [-0.39, 0.29) is 24.1 Å². The zero-order valence-electron chi connectivity index (χ0n) is 9.45. The maximum absolute atomic E-state index is 12.2. The average molecular weight is 250 g/mol. The van der Waals surface area contributed by atoms with E-state index in [4.69, 9.17) is 10.5 Å². The fourth-order valence-electron chi connectivity index (χ4n) is 1.24. The predicted octanol–water partition coefficient (Wildman–Crippen LogP) is 1.20. The Bertz CT molecular complexity index is 383. The van der Waals surface area contributed by atoms with Crippen molar-refractivity contribution < 1.29 is 17.9 Å². The Labute approximate surface area is 96.4 Å². The molecule has 1 aromatic heterocycles. The average Bonchev–Trinajstić information content (AvgIpc) is 2.14. The van der Waals surface area contributed by atoms with Crippen molar-refractivity contribution in [1.82, 2.24) is 9.97 Å². The van der Waals surface area contributed by atoms with Crippen molar-refractivity contribution in [3.8, 4) is 0 Å². The first-order valence-electron chi connectivity index (χ1n) is 4.72. The van der Waals surface area contributed by atoms with Crippen LogP contribution in [0.4, 0.5) is 24.8 Å². The summed E-state index contributed by atoms with van der Waals surface area (Å²) in [5.41, 5.74) is 5.48. The number of alkyl halides is 3. The van der Waals surface area contributed by atoms with Gasteiger partial charge in [0.2, 0.25) is 0 Å². The van der Waals surface area contributed by atoms with E-state index in [0.29, 0.717) is 0 Å². The van der Waals surface area contributed by atoms with E-state index in [9.17, 15) is 13.2 Å². The molecule has 1 aromatic rings. The molecule has 0 saturated heterocycles. The van der Waals surface area contributed by atoms with Crippen molar-refractivity contribution in [3.05, 3.63) is 11.9 Å². The third-order valence-corrected chi connectivity index (χ3v) is 1.86. The normalized spacial score (nSPS) is 11.6. The first-order chi connectivity index (χ1) is 7.81. The van der Waals surface area contributed by atoms with Crippen LogP contribution in [0, 0.1) is 0 Å². The van der Waals surface area contributed by atoms with Crippen LogP contribution >= 0.6 is 0 Å². The number of rotatable bonds is 4. The molecular weight excluding hydrogens is 237 g/mol. The van der Waals surface area contributed by atoms with Crippen molar-refractivity contribution in [2.24, 2.45) is 0 Å². The zero-order valence-corrected chi connectivity index (χ0v) is 9.45. The van der Waals surface area contributed by atoms with Gasteiger partial charge in [0.15, 0.2) is 5.82 Å². The van der Waals surface area contributed by atoms with E-state index >= 15 is 0 Å². The number of nitrogen functional groups attached to an aromatic ring is 1. The molecule has 8 heteroatoms. The van der Waals surface area contributed by atoms with E-state index in [0.717, 1.165) is 4.90 Å². The van der Waals surface area contributed by atoms with E-state index in [1.54, 1.807) is 0 Å². The summed E-state index contributed by atoms with van der Waals surface area (Å²) in [6.07, 6.45) is -4.30. The summed E-state index contributed by atoms with van der Waals surface area (Å²) in [6, 6.07) is 1.28. The molecule has 0 fully saturated rings. The Balaban J connectivity index is 2.89. The second-order valence-electron chi connectivity index (χ2n) is 3.47. The maximum Gasteiger partial charge on any atom is 0.405 e. The van der Waals surface area contributed by atoms with Crippen molar-refractivity contribution >= 4 is 11.6 Å². The number of hydrogen-bond acceptors (Lipinski definition) is 5. The summed E-state index contributed by atoms with van der Waals surface area (Å²) >= 11 is 0. The smallest absolute Gasteiger partial charge is 0.384 e. The van der Waals surface area contributed by atoms with Gasteiger partial charge >= 0.3 is 6.18 Å². The van der Waals surface area contributed by atoms with Crippen LogP contribution in [0.25, 0.3) is 0 Å². The van der Waals surface area contributed by atoms with Crippen molar-refractivity contribution in [2.75, 3.05) is 31.3 Å². The number of hydrogen-bond donors (Lipinski definition) is 1. The second kappa shape index (κ2) is 5.17. The number of ether oxygens (including phenoxy) is 1. The minimum absolute atomic E-state index is 0.0951. The molecule has 5 nitrogen and oxygen atoms in total. The molecule has 1 heterocycles. The molecule has 0 aliphatic carbocycles. The van der Waals surface area contributed by atoms with Crippen LogP contribution in [-0.2, 0) is 11.3 Å². The number of nitrogens with zero attached hydrogens (tertiary/aromatic N) is 3. The summed E-state index contributed by atoms with van der Waals surface area (Å²) in [6.45, 7) is -1.01. The van der Waals surface area contributed by atoms with Crippen LogP contribution < -0.4 is 10.6 Å². The summed E-state index contributed by atoms with van der Waals surface area (Å²) in [4.78, 5) is 8.71. The highest BCUT2D eigenvalue weighted by molar-refractivity contribution is 5.46. The molecule has 0 spiro atoms. The molecule has 17 heavy (non-hydrogen) atoms. The van der Waals surface area contributed by atoms with Gasteiger partial charge < -0.3 is 15.4 Å². The SMILES string of the molecule is COCc1nc(N)cc(N(C)CC(F)(F)F)n1. The lowest BCUT2D eigenvalue weighted by molar-refractivity contribution is -0.119. The Kier molecular flexibility index (Phi) is 4.11. The summed E-state index contributed by atoms with van der Waals surface area (Å²) in [5, 5.41) is 0. The van der Waals surface area contributed by atoms with Gasteiger partial charge in [-0.25, -0.2) is 9.97 Å². The predicted molar refractivity (Wildman–Crippen MR) is 56.5 cm³/mol. The second-order valence-corrected chi connectivity index (χ2v) is 3.47. The van der Waals surface area contributed by atoms with Gasteiger partial charge in [-0.1, -0.05) is 0 Å². The summed E-state index contributed by atoms with van der Waals surface area (Å²) in [7, 11) is 2.72. The molecule has 0 aliphatic heterocycles. The lowest BCUT2D eigenvalue weighted by atomic mass is 10.4. The van der Waals surface area contributed by atoms with Crippen molar-refractivity contribution in [2.45, 2.75) is 12.8 Å². The highest BCUT2D eigenvalue weighted by atomic mass is 19.4. The third-order valence-electron chi connectivity index (χ3n) is 1.86. The van der Waals surface area contributed by atoms with Gasteiger partial charge in [-0.3, -0.25) is 0 Å². The molecule has 0 atom stereocenters. The fourth-order valence-corrected chi connectivity index (χ4v) is 1.24. The first-order valence-corrected chi connectivity index (χ1v) is 4.72. The third kappa shape index (κ3) is 4.43. The molecule has 0 unspecified atom stereocenters. The molecular formula is C9H13F3N4O. The largest absolute Gasteiger partial charge is 0.405 e. The molecule has 0 aromatic carbocycles. The molecule has 96 valence electrons. The van der Waals surface area contributed by atoms with Crippen LogP contribution in [0.15, 0.2) is 6.07 Å². The van der Waals surface area contributed by atoms with Crippen LogP contribution in [-0.4, -0.2) is 36.8 Å². The zero-order chi connectivity index (χ0) is 13.1. The monoisotopic (exact) mass is 250 g/mol. The Morgan fingerprint density at radius 2 is 2.06 bits per heavy atom. The Morgan fingerprint density at radius 1 is 1.41 bits per heavy atom. The Hall–Kier alpha value is -1.57. The van der Waals surface area contributed by atoms with E-state index in [2.05, 4.69) is 9.97 Å². The van der Waals surface area contributed by atoms with E-state index in [1.807, 2.05) is 0 Å². The number of nitrogens with two attached hydrogens (primary N) is 1. The lowest BCUT2D eigenvalue weighted by Crippen LogP contribution is -2.31. The highest BCUT2D eigenvalue weighted by Crippen LogP contribution is 2.20. The first kappa shape index (κ1) is 13.5. The highest BCUT2D eigenvalue weighted by Gasteiger charge is 2.30. The molecule has 0 bridgehead atoms. The van der Waals surface area contributed by atoms with Crippen LogP contribution in [0.1, 0.15) is 5.82 Å². The number of halogens is 3. The molecule has 0 saturated carbocycles. The lowest BCUT2D eigenvalue weighted by Gasteiger charge is -2.20. The standard InChI is InChI=1S/C9H13F3N4O/c1-16(5-9(10,11)12)8-3-6(13)14-7(15-8)4-17-2/h3H,4-5H2,1-2H3,(H2,13,14,15). The number of aromatic nitrogens is 2. The quantitative estimate of drug-likeness (QED) is 0.870. The van der Waals surface area contributed by atoms with Gasteiger partial charge in [0.05, 0.1) is 0 Å². The van der Waals surface area contributed by atoms with Gasteiger partial charge in [-0.2, -0.15) is 13.2 Å². The molecule has 1 rings (SSSR count). The number of anilines is 2. The molecule has 0 amide bonds. The summed E-state index contributed by atoms with van der Waals surface area (Å²) in [5.74, 6) is 0.467. The molecule has 0 aliphatic rings.